The van der Waals surface area contributed by atoms with Crippen molar-refractivity contribution in [3.05, 3.63) is 12.1 Å². The number of fused-ring (bicyclic) bond motifs is 1. The van der Waals surface area contributed by atoms with Gasteiger partial charge in [0.1, 0.15) is 13.2 Å². The molecule has 0 amide bonds. The molecule has 0 spiro atoms. The Labute approximate surface area is 111 Å². The average molecular weight is 266 g/mol. The van der Waals surface area contributed by atoms with Gasteiger partial charge in [-0.2, -0.15) is 0 Å². The molecule has 1 fully saturated rings. The van der Waals surface area contributed by atoms with Crippen LogP contribution < -0.4 is 20.5 Å². The minimum atomic E-state index is 0.0568. The lowest BCUT2D eigenvalue weighted by Gasteiger charge is -2.25. The standard InChI is InChI=1S/C13H18N2O4/c14-10-5-12-13(19-4-3-18-12)6-11(10)15-7-9-8-16-1-2-17-9/h5-6,9,15H,1-4,7-8,14H2. The highest BCUT2D eigenvalue weighted by atomic mass is 16.6. The first kappa shape index (κ1) is 12.4. The fraction of sp³-hybridized carbons (Fsp3) is 0.538. The Kier molecular flexibility index (Phi) is 3.61. The minimum absolute atomic E-state index is 0.0568. The molecular formula is C13H18N2O4. The second kappa shape index (κ2) is 5.54. The lowest BCUT2D eigenvalue weighted by Crippen LogP contribution is -2.34. The predicted octanol–water partition coefficient (Wildman–Crippen LogP) is 0.867. The zero-order valence-corrected chi connectivity index (χ0v) is 10.7. The lowest BCUT2D eigenvalue weighted by atomic mass is 10.2. The highest BCUT2D eigenvalue weighted by Gasteiger charge is 2.17. The number of hydrogen-bond donors (Lipinski definition) is 2. The van der Waals surface area contributed by atoms with Crippen molar-refractivity contribution < 1.29 is 18.9 Å². The maximum Gasteiger partial charge on any atom is 0.163 e. The molecule has 1 aromatic rings. The van der Waals surface area contributed by atoms with Crippen molar-refractivity contribution in [3.63, 3.8) is 0 Å². The summed E-state index contributed by atoms with van der Waals surface area (Å²) in [7, 11) is 0. The molecule has 1 unspecified atom stereocenters. The fourth-order valence-corrected chi connectivity index (χ4v) is 2.14. The summed E-state index contributed by atoms with van der Waals surface area (Å²) in [6.45, 7) is 3.70. The Balaban J connectivity index is 1.66. The largest absolute Gasteiger partial charge is 0.486 e. The summed E-state index contributed by atoms with van der Waals surface area (Å²) in [6.07, 6.45) is 0.0568. The quantitative estimate of drug-likeness (QED) is 0.791. The third kappa shape index (κ3) is 2.85. The van der Waals surface area contributed by atoms with Gasteiger partial charge in [0.15, 0.2) is 11.5 Å². The topological polar surface area (TPSA) is 75.0 Å². The molecule has 0 aliphatic carbocycles. The van der Waals surface area contributed by atoms with Gasteiger partial charge in [-0.05, 0) is 0 Å². The molecule has 1 aromatic carbocycles. The van der Waals surface area contributed by atoms with Gasteiger partial charge in [-0.15, -0.1) is 0 Å². The summed E-state index contributed by atoms with van der Waals surface area (Å²) in [6, 6.07) is 3.66. The number of nitrogens with two attached hydrogens (primary N) is 1. The first-order valence-corrected chi connectivity index (χ1v) is 6.45. The maximum absolute atomic E-state index is 5.99. The van der Waals surface area contributed by atoms with Crippen molar-refractivity contribution in [2.45, 2.75) is 6.10 Å². The molecular weight excluding hydrogens is 248 g/mol. The molecule has 0 saturated carbocycles. The summed E-state index contributed by atoms with van der Waals surface area (Å²) in [5.41, 5.74) is 7.46. The Morgan fingerprint density at radius 2 is 1.89 bits per heavy atom. The van der Waals surface area contributed by atoms with Crippen LogP contribution in [0.3, 0.4) is 0 Å². The van der Waals surface area contributed by atoms with Gasteiger partial charge in [-0.3, -0.25) is 0 Å². The molecule has 1 saturated heterocycles. The smallest absolute Gasteiger partial charge is 0.163 e. The van der Waals surface area contributed by atoms with Crippen molar-refractivity contribution >= 4 is 11.4 Å². The van der Waals surface area contributed by atoms with Crippen LogP contribution >= 0.6 is 0 Å². The van der Waals surface area contributed by atoms with Crippen LogP contribution in [0.4, 0.5) is 11.4 Å². The van der Waals surface area contributed by atoms with Crippen molar-refractivity contribution in [3.8, 4) is 11.5 Å². The van der Waals surface area contributed by atoms with Crippen LogP contribution in [0.15, 0.2) is 12.1 Å². The molecule has 19 heavy (non-hydrogen) atoms. The van der Waals surface area contributed by atoms with Gasteiger partial charge in [0, 0.05) is 18.7 Å². The fourth-order valence-electron chi connectivity index (χ4n) is 2.14. The molecule has 0 radical (unpaired) electrons. The normalized spacial score (nSPS) is 22.0. The van der Waals surface area contributed by atoms with E-state index < -0.39 is 0 Å². The Bertz CT molecular complexity index is 447. The summed E-state index contributed by atoms with van der Waals surface area (Å²) in [5.74, 6) is 1.43. The Hall–Kier alpha value is -1.66. The van der Waals surface area contributed by atoms with Crippen molar-refractivity contribution in [1.29, 1.82) is 0 Å². The van der Waals surface area contributed by atoms with E-state index in [1.807, 2.05) is 6.07 Å². The van der Waals surface area contributed by atoms with Crippen molar-refractivity contribution in [2.24, 2.45) is 0 Å². The monoisotopic (exact) mass is 266 g/mol. The van der Waals surface area contributed by atoms with Crippen LogP contribution in [0, 0.1) is 0 Å². The number of anilines is 2. The van der Waals surface area contributed by atoms with Crippen LogP contribution in [0.5, 0.6) is 11.5 Å². The zero-order valence-electron chi connectivity index (χ0n) is 10.7. The zero-order chi connectivity index (χ0) is 13.1. The third-order valence-corrected chi connectivity index (χ3v) is 3.12. The summed E-state index contributed by atoms with van der Waals surface area (Å²) >= 11 is 0. The number of benzene rings is 1. The molecule has 1 atom stereocenters. The molecule has 3 rings (SSSR count). The number of ether oxygens (including phenoxy) is 4. The van der Waals surface area contributed by atoms with Crippen molar-refractivity contribution in [2.75, 3.05) is 50.6 Å². The van der Waals surface area contributed by atoms with E-state index in [4.69, 9.17) is 24.7 Å². The highest BCUT2D eigenvalue weighted by Crippen LogP contribution is 2.36. The van der Waals surface area contributed by atoms with E-state index >= 15 is 0 Å². The van der Waals surface area contributed by atoms with Crippen LogP contribution in [0.2, 0.25) is 0 Å². The Morgan fingerprint density at radius 1 is 1.11 bits per heavy atom. The van der Waals surface area contributed by atoms with E-state index in [2.05, 4.69) is 5.32 Å². The molecule has 0 bridgehead atoms. The van der Waals surface area contributed by atoms with Crippen molar-refractivity contribution in [1.82, 2.24) is 0 Å². The van der Waals surface area contributed by atoms with Crippen LogP contribution in [0.25, 0.3) is 0 Å². The van der Waals surface area contributed by atoms with Crippen LogP contribution in [-0.2, 0) is 9.47 Å². The van der Waals surface area contributed by atoms with Gasteiger partial charge in [-0.1, -0.05) is 0 Å². The van der Waals surface area contributed by atoms with Gasteiger partial charge in [0.05, 0.1) is 37.3 Å². The first-order chi connectivity index (χ1) is 9.33. The van der Waals surface area contributed by atoms with E-state index in [0.29, 0.717) is 51.0 Å². The molecule has 2 aliphatic rings. The second-order valence-electron chi connectivity index (χ2n) is 4.53. The predicted molar refractivity (Wildman–Crippen MR) is 70.9 cm³/mol. The van der Waals surface area contributed by atoms with Crippen LogP contribution in [0.1, 0.15) is 0 Å². The van der Waals surface area contributed by atoms with E-state index in [1.165, 1.54) is 0 Å². The maximum atomic E-state index is 5.99. The second-order valence-corrected chi connectivity index (χ2v) is 4.53. The van der Waals surface area contributed by atoms with E-state index in [9.17, 15) is 0 Å². The van der Waals surface area contributed by atoms with Gasteiger partial charge in [0.2, 0.25) is 0 Å². The number of hydrogen-bond acceptors (Lipinski definition) is 6. The molecule has 104 valence electrons. The molecule has 6 nitrogen and oxygen atoms in total. The SMILES string of the molecule is Nc1cc2c(cc1NCC1COCCO1)OCCO2. The summed E-state index contributed by atoms with van der Waals surface area (Å²) in [5, 5.41) is 3.27. The van der Waals surface area contributed by atoms with Gasteiger partial charge in [0.25, 0.3) is 0 Å². The molecule has 2 heterocycles. The van der Waals surface area contributed by atoms with Gasteiger partial charge in [-0.25, -0.2) is 0 Å². The van der Waals surface area contributed by atoms with E-state index in [-0.39, 0.29) is 6.10 Å². The molecule has 2 aliphatic heterocycles. The number of rotatable bonds is 3. The third-order valence-electron chi connectivity index (χ3n) is 3.12. The Morgan fingerprint density at radius 3 is 2.63 bits per heavy atom. The highest BCUT2D eigenvalue weighted by molar-refractivity contribution is 5.72. The first-order valence-electron chi connectivity index (χ1n) is 6.45. The molecule has 0 aromatic heterocycles. The minimum Gasteiger partial charge on any atom is -0.486 e. The molecule has 6 heteroatoms. The lowest BCUT2D eigenvalue weighted by molar-refractivity contribution is -0.0818. The summed E-state index contributed by atoms with van der Waals surface area (Å²) < 4.78 is 21.9. The van der Waals surface area contributed by atoms with E-state index in [1.54, 1.807) is 6.07 Å². The average Bonchev–Trinajstić information content (AvgIpc) is 2.46. The van der Waals surface area contributed by atoms with E-state index in [0.717, 1.165) is 11.4 Å². The summed E-state index contributed by atoms with van der Waals surface area (Å²) in [4.78, 5) is 0. The van der Waals surface area contributed by atoms with Gasteiger partial charge >= 0.3 is 0 Å². The van der Waals surface area contributed by atoms with Gasteiger partial charge < -0.3 is 30.0 Å². The molecule has 3 N–H and O–H groups in total. The number of nitrogen functional groups attached to an aromatic ring is 1. The number of nitrogens with one attached hydrogen (secondary N) is 1. The van der Waals surface area contributed by atoms with Crippen LogP contribution in [-0.4, -0.2) is 45.7 Å².